The van der Waals surface area contributed by atoms with Crippen LogP contribution in [0, 0.1) is 5.92 Å². The Balaban J connectivity index is 1.19. The highest BCUT2D eigenvalue weighted by Gasteiger charge is 2.45. The number of hydrogen-bond donors (Lipinski definition) is 2. The Morgan fingerprint density at radius 3 is 2.65 bits per heavy atom. The van der Waals surface area contributed by atoms with Gasteiger partial charge in [0.2, 0.25) is 11.9 Å². The van der Waals surface area contributed by atoms with Crippen molar-refractivity contribution < 1.29 is 23.1 Å². The summed E-state index contributed by atoms with van der Waals surface area (Å²) in [6.07, 6.45) is 3.65. The van der Waals surface area contributed by atoms with Crippen LogP contribution in [0.25, 0.3) is 0 Å². The zero-order chi connectivity index (χ0) is 26.2. The first-order valence-corrected chi connectivity index (χ1v) is 12.7. The largest absolute Gasteiger partial charge is 0.447 e. The monoisotopic (exact) mass is 514 g/mol. The van der Waals surface area contributed by atoms with Crippen LogP contribution in [0.3, 0.4) is 0 Å². The molecule has 2 amide bonds. The van der Waals surface area contributed by atoms with Crippen LogP contribution in [0.4, 0.5) is 25.3 Å². The smallest absolute Gasteiger partial charge is 0.415 e. The molecule has 1 aliphatic carbocycles. The van der Waals surface area contributed by atoms with Crippen LogP contribution < -0.4 is 15.5 Å². The Morgan fingerprint density at radius 2 is 1.97 bits per heavy atom. The molecule has 11 heteroatoms. The standard InChI is InChI=1S/C26H32F2N6O3/c1-16(30-24-29-11-9-23(32-24)34-21(20-7-8-20)14-37-25(34)36)19-5-3-18(4-6-19)13-33-12-10-22(31-17(2)35)26(27,28)15-33/h3-6,9,11,16,20-22H,7-8,10,12-15H2,1-2H3,(H,31,35)(H,29,30,32)/t16-,21?,22?/m0/s1. The molecule has 2 aliphatic heterocycles. The number of rotatable bonds is 8. The first-order valence-electron chi connectivity index (χ1n) is 12.7. The van der Waals surface area contributed by atoms with Crippen molar-refractivity contribution in [3.63, 3.8) is 0 Å². The van der Waals surface area contributed by atoms with E-state index in [9.17, 15) is 18.4 Å². The molecule has 37 heavy (non-hydrogen) atoms. The average Bonchev–Trinajstić information content (AvgIpc) is 3.62. The highest BCUT2D eigenvalue weighted by atomic mass is 19.3. The maximum Gasteiger partial charge on any atom is 0.415 e. The molecule has 9 nitrogen and oxygen atoms in total. The number of carbonyl (C=O) groups excluding carboxylic acids is 2. The molecule has 0 spiro atoms. The maximum atomic E-state index is 14.5. The zero-order valence-corrected chi connectivity index (χ0v) is 21.0. The van der Waals surface area contributed by atoms with Crippen molar-refractivity contribution in [2.75, 3.05) is 29.9 Å². The number of benzene rings is 1. The van der Waals surface area contributed by atoms with Crippen LogP contribution in [0.15, 0.2) is 36.5 Å². The third-order valence-corrected chi connectivity index (χ3v) is 7.25. The van der Waals surface area contributed by atoms with E-state index in [1.165, 1.54) is 6.92 Å². The number of nitrogens with one attached hydrogen (secondary N) is 2. The van der Waals surface area contributed by atoms with Gasteiger partial charge in [-0.25, -0.2) is 18.6 Å². The molecule has 1 saturated carbocycles. The number of alkyl halides is 2. The highest BCUT2D eigenvalue weighted by molar-refractivity contribution is 5.89. The lowest BCUT2D eigenvalue weighted by molar-refractivity contribution is -0.129. The second-order valence-corrected chi connectivity index (χ2v) is 10.2. The van der Waals surface area contributed by atoms with E-state index >= 15 is 0 Å². The Morgan fingerprint density at radius 1 is 1.22 bits per heavy atom. The Kier molecular flexibility index (Phi) is 6.98. The molecule has 2 N–H and O–H groups in total. The van der Waals surface area contributed by atoms with Crippen molar-refractivity contribution in [1.82, 2.24) is 20.2 Å². The van der Waals surface area contributed by atoms with Crippen LogP contribution in [-0.4, -0.2) is 64.6 Å². The third kappa shape index (κ3) is 5.82. The van der Waals surface area contributed by atoms with E-state index in [0.717, 1.165) is 24.0 Å². The fraction of sp³-hybridized carbons (Fsp3) is 0.538. The fourth-order valence-electron chi connectivity index (χ4n) is 5.10. The summed E-state index contributed by atoms with van der Waals surface area (Å²) in [5.74, 6) is -2.01. The van der Waals surface area contributed by atoms with Crippen LogP contribution in [0.1, 0.15) is 50.3 Å². The first kappa shape index (κ1) is 25.3. The Labute approximate surface area is 214 Å². The molecule has 5 rings (SSSR count). The van der Waals surface area contributed by atoms with Crippen molar-refractivity contribution in [2.24, 2.45) is 5.92 Å². The van der Waals surface area contributed by atoms with Crippen LogP contribution >= 0.6 is 0 Å². The number of hydrogen-bond acceptors (Lipinski definition) is 7. The summed E-state index contributed by atoms with van der Waals surface area (Å²) in [6, 6.07) is 8.29. The molecule has 3 fully saturated rings. The molecule has 2 aromatic rings. The van der Waals surface area contributed by atoms with Crippen molar-refractivity contribution in [2.45, 2.75) is 63.7 Å². The Bertz CT molecular complexity index is 1140. The minimum atomic E-state index is -2.97. The molecule has 3 heterocycles. The van der Waals surface area contributed by atoms with Gasteiger partial charge in [0.25, 0.3) is 5.92 Å². The number of ether oxygens (including phenoxy) is 1. The van der Waals surface area contributed by atoms with Gasteiger partial charge in [0.1, 0.15) is 12.4 Å². The molecule has 0 radical (unpaired) electrons. The summed E-state index contributed by atoms with van der Waals surface area (Å²) in [5, 5.41) is 5.65. The topological polar surface area (TPSA) is 99.7 Å². The van der Waals surface area contributed by atoms with E-state index in [1.54, 1.807) is 22.1 Å². The van der Waals surface area contributed by atoms with Gasteiger partial charge in [-0.15, -0.1) is 0 Å². The third-order valence-electron chi connectivity index (χ3n) is 7.25. The van der Waals surface area contributed by atoms with E-state index in [0.29, 0.717) is 37.4 Å². The number of cyclic esters (lactones) is 1. The van der Waals surface area contributed by atoms with Gasteiger partial charge >= 0.3 is 6.09 Å². The van der Waals surface area contributed by atoms with E-state index < -0.39 is 24.4 Å². The minimum Gasteiger partial charge on any atom is -0.447 e. The summed E-state index contributed by atoms with van der Waals surface area (Å²) in [5.41, 5.74) is 1.92. The van der Waals surface area contributed by atoms with Crippen molar-refractivity contribution in [1.29, 1.82) is 0 Å². The molecular weight excluding hydrogens is 482 g/mol. The lowest BCUT2D eigenvalue weighted by Gasteiger charge is -2.38. The fourth-order valence-corrected chi connectivity index (χ4v) is 5.10. The number of likely N-dealkylation sites (tertiary alicyclic amines) is 1. The average molecular weight is 515 g/mol. The number of nitrogens with zero attached hydrogens (tertiary/aromatic N) is 4. The van der Waals surface area contributed by atoms with E-state index in [2.05, 4.69) is 20.6 Å². The molecule has 3 aliphatic rings. The van der Waals surface area contributed by atoms with E-state index in [-0.39, 0.29) is 24.6 Å². The molecule has 2 unspecified atom stereocenters. The Hall–Kier alpha value is -3.34. The van der Waals surface area contributed by atoms with Crippen molar-refractivity contribution in [3.05, 3.63) is 47.7 Å². The molecule has 3 atom stereocenters. The molecule has 198 valence electrons. The molecule has 2 saturated heterocycles. The predicted molar refractivity (Wildman–Crippen MR) is 133 cm³/mol. The molecule has 0 bridgehead atoms. The number of anilines is 2. The number of piperidine rings is 1. The van der Waals surface area contributed by atoms with Gasteiger partial charge in [0.15, 0.2) is 0 Å². The van der Waals surface area contributed by atoms with Gasteiger partial charge < -0.3 is 15.4 Å². The van der Waals surface area contributed by atoms with Crippen molar-refractivity contribution >= 4 is 23.8 Å². The minimum absolute atomic E-state index is 0.0244. The van der Waals surface area contributed by atoms with Gasteiger partial charge in [0, 0.05) is 26.2 Å². The zero-order valence-electron chi connectivity index (χ0n) is 21.0. The summed E-state index contributed by atoms with van der Waals surface area (Å²) < 4.78 is 34.2. The SMILES string of the molecule is CC(=O)NC1CCN(Cc2ccc([C@H](C)Nc3nccc(N4C(=O)OCC4C4CC4)n3)cc2)CC1(F)F. The summed E-state index contributed by atoms with van der Waals surface area (Å²) in [4.78, 5) is 35.7. The van der Waals surface area contributed by atoms with Gasteiger partial charge in [-0.1, -0.05) is 24.3 Å². The van der Waals surface area contributed by atoms with Gasteiger partial charge in [-0.05, 0) is 49.3 Å². The normalized spacial score (nSPS) is 24.4. The summed E-state index contributed by atoms with van der Waals surface area (Å²) >= 11 is 0. The van der Waals surface area contributed by atoms with E-state index in [4.69, 9.17) is 4.74 Å². The maximum absolute atomic E-state index is 14.5. The van der Waals surface area contributed by atoms with Crippen molar-refractivity contribution in [3.8, 4) is 0 Å². The predicted octanol–water partition coefficient (Wildman–Crippen LogP) is 3.73. The molecule has 1 aromatic carbocycles. The van der Waals surface area contributed by atoms with Crippen LogP contribution in [-0.2, 0) is 16.1 Å². The lowest BCUT2D eigenvalue weighted by Crippen LogP contribution is -2.57. The number of carbonyl (C=O) groups is 2. The van der Waals surface area contributed by atoms with Gasteiger partial charge in [0.05, 0.1) is 24.7 Å². The highest BCUT2D eigenvalue weighted by Crippen LogP contribution is 2.39. The molecular formula is C26H32F2N6O3. The number of amides is 2. The quantitative estimate of drug-likeness (QED) is 0.554. The second kappa shape index (κ2) is 10.2. The second-order valence-electron chi connectivity index (χ2n) is 10.2. The summed E-state index contributed by atoms with van der Waals surface area (Å²) in [7, 11) is 0. The number of aromatic nitrogens is 2. The first-order chi connectivity index (χ1) is 17.7. The summed E-state index contributed by atoms with van der Waals surface area (Å²) in [6.45, 7) is 4.14. The van der Waals surface area contributed by atoms with E-state index in [1.807, 2.05) is 31.2 Å². The van der Waals surface area contributed by atoms with Gasteiger partial charge in [-0.2, -0.15) is 4.98 Å². The van der Waals surface area contributed by atoms with Crippen LogP contribution in [0.5, 0.6) is 0 Å². The van der Waals surface area contributed by atoms with Crippen LogP contribution in [0.2, 0.25) is 0 Å². The number of halogens is 2. The lowest BCUT2D eigenvalue weighted by atomic mass is 9.99. The van der Waals surface area contributed by atoms with Gasteiger partial charge in [-0.3, -0.25) is 14.6 Å². The molecule has 1 aromatic heterocycles.